The minimum absolute atomic E-state index is 0.183. The standard InChI is InChI=1S/C12H12N4/c1-8-4-10(3)12(5-9(8)2)16-15-11(6-13)7-14/h4-5,16H,1-3H3. The van der Waals surface area contributed by atoms with Crippen molar-refractivity contribution < 1.29 is 0 Å². The van der Waals surface area contributed by atoms with E-state index in [4.69, 9.17) is 10.5 Å². The van der Waals surface area contributed by atoms with Gasteiger partial charge in [0.25, 0.3) is 0 Å². The van der Waals surface area contributed by atoms with E-state index in [9.17, 15) is 0 Å². The maximum Gasteiger partial charge on any atom is 0.237 e. The number of nitrogens with zero attached hydrogens (tertiary/aromatic N) is 3. The van der Waals surface area contributed by atoms with Crippen LogP contribution in [0.4, 0.5) is 5.69 Å². The zero-order chi connectivity index (χ0) is 12.1. The van der Waals surface area contributed by atoms with Crippen LogP contribution in [-0.2, 0) is 0 Å². The van der Waals surface area contributed by atoms with E-state index in [1.807, 2.05) is 32.9 Å². The first-order valence-corrected chi connectivity index (χ1v) is 4.80. The van der Waals surface area contributed by atoms with Crippen LogP contribution < -0.4 is 5.43 Å². The van der Waals surface area contributed by atoms with Crippen molar-refractivity contribution in [3.63, 3.8) is 0 Å². The Hall–Kier alpha value is -2.33. The maximum absolute atomic E-state index is 8.53. The average Bonchev–Trinajstić information content (AvgIpc) is 2.26. The number of hydrogen-bond acceptors (Lipinski definition) is 4. The van der Waals surface area contributed by atoms with Crippen molar-refractivity contribution >= 4 is 11.4 Å². The Labute approximate surface area is 94.8 Å². The monoisotopic (exact) mass is 212 g/mol. The van der Waals surface area contributed by atoms with Crippen molar-refractivity contribution in [2.45, 2.75) is 20.8 Å². The van der Waals surface area contributed by atoms with Gasteiger partial charge in [-0.15, -0.1) is 0 Å². The molecule has 0 aliphatic rings. The van der Waals surface area contributed by atoms with Crippen molar-refractivity contribution in [3.8, 4) is 12.1 Å². The molecule has 16 heavy (non-hydrogen) atoms. The number of hydrogen-bond donors (Lipinski definition) is 1. The minimum atomic E-state index is -0.183. The summed E-state index contributed by atoms with van der Waals surface area (Å²) < 4.78 is 0. The molecule has 0 heterocycles. The smallest absolute Gasteiger partial charge is 0.237 e. The van der Waals surface area contributed by atoms with Gasteiger partial charge < -0.3 is 0 Å². The molecule has 80 valence electrons. The number of nitriles is 2. The summed E-state index contributed by atoms with van der Waals surface area (Å²) in [5.74, 6) is 0. The van der Waals surface area contributed by atoms with Gasteiger partial charge in [0.05, 0.1) is 5.69 Å². The molecule has 0 unspecified atom stereocenters. The first kappa shape index (κ1) is 11.7. The molecule has 4 heteroatoms. The van der Waals surface area contributed by atoms with Crippen molar-refractivity contribution in [1.82, 2.24) is 0 Å². The normalized spacial score (nSPS) is 8.81. The van der Waals surface area contributed by atoms with Crippen LogP contribution in [0.1, 0.15) is 16.7 Å². The lowest BCUT2D eigenvalue weighted by atomic mass is 10.1. The third-order valence-corrected chi connectivity index (χ3v) is 2.34. The maximum atomic E-state index is 8.53. The van der Waals surface area contributed by atoms with E-state index in [1.54, 1.807) is 12.1 Å². The van der Waals surface area contributed by atoms with Crippen molar-refractivity contribution in [3.05, 3.63) is 28.8 Å². The number of anilines is 1. The largest absolute Gasteiger partial charge is 0.276 e. The third-order valence-electron chi connectivity index (χ3n) is 2.34. The summed E-state index contributed by atoms with van der Waals surface area (Å²) in [6, 6.07) is 7.37. The van der Waals surface area contributed by atoms with Crippen molar-refractivity contribution in [2.24, 2.45) is 5.10 Å². The molecule has 0 saturated carbocycles. The van der Waals surface area contributed by atoms with E-state index in [0.717, 1.165) is 16.8 Å². The first-order valence-electron chi connectivity index (χ1n) is 4.80. The molecule has 0 aliphatic carbocycles. The van der Waals surface area contributed by atoms with Crippen LogP contribution in [-0.4, -0.2) is 5.71 Å². The highest BCUT2D eigenvalue weighted by Crippen LogP contribution is 2.19. The number of nitrogens with one attached hydrogen (secondary N) is 1. The molecular weight excluding hydrogens is 200 g/mol. The average molecular weight is 212 g/mol. The van der Waals surface area contributed by atoms with Gasteiger partial charge in [-0.05, 0) is 43.5 Å². The molecule has 0 saturated heterocycles. The van der Waals surface area contributed by atoms with Gasteiger partial charge in [0.2, 0.25) is 5.71 Å². The van der Waals surface area contributed by atoms with Gasteiger partial charge in [0, 0.05) is 0 Å². The Balaban J connectivity index is 3.01. The van der Waals surface area contributed by atoms with E-state index in [1.165, 1.54) is 5.56 Å². The zero-order valence-electron chi connectivity index (χ0n) is 9.50. The molecule has 4 nitrogen and oxygen atoms in total. The van der Waals surface area contributed by atoms with E-state index in [2.05, 4.69) is 10.5 Å². The fourth-order valence-corrected chi connectivity index (χ4v) is 1.27. The molecule has 0 spiro atoms. The highest BCUT2D eigenvalue weighted by molar-refractivity contribution is 6.10. The summed E-state index contributed by atoms with van der Waals surface area (Å²) in [6.07, 6.45) is 0. The second-order valence-electron chi connectivity index (χ2n) is 3.55. The second-order valence-corrected chi connectivity index (χ2v) is 3.55. The van der Waals surface area contributed by atoms with Gasteiger partial charge in [-0.2, -0.15) is 15.6 Å². The predicted molar refractivity (Wildman–Crippen MR) is 62.9 cm³/mol. The molecule has 1 aromatic rings. The zero-order valence-corrected chi connectivity index (χ0v) is 9.50. The topological polar surface area (TPSA) is 72.0 Å². The number of aryl methyl sites for hydroxylation is 3. The Morgan fingerprint density at radius 1 is 1.06 bits per heavy atom. The van der Waals surface area contributed by atoms with Gasteiger partial charge in [-0.1, -0.05) is 6.07 Å². The summed E-state index contributed by atoms with van der Waals surface area (Å²) in [5, 5.41) is 20.8. The summed E-state index contributed by atoms with van der Waals surface area (Å²) >= 11 is 0. The van der Waals surface area contributed by atoms with Crippen molar-refractivity contribution in [1.29, 1.82) is 10.5 Å². The molecule has 0 aromatic heterocycles. The summed E-state index contributed by atoms with van der Waals surface area (Å²) in [4.78, 5) is 0. The van der Waals surface area contributed by atoms with Gasteiger partial charge in [0.15, 0.2) is 0 Å². The fraction of sp³-hybridized carbons (Fsp3) is 0.250. The molecule has 1 aromatic carbocycles. The molecule has 0 aliphatic heterocycles. The van der Waals surface area contributed by atoms with Gasteiger partial charge in [-0.3, -0.25) is 5.43 Å². The fourth-order valence-electron chi connectivity index (χ4n) is 1.27. The molecule has 1 rings (SSSR count). The molecule has 1 N–H and O–H groups in total. The highest BCUT2D eigenvalue weighted by Gasteiger charge is 2.01. The number of hydrazone groups is 1. The molecule has 0 amide bonds. The van der Waals surface area contributed by atoms with Crippen LogP contribution in [0.15, 0.2) is 17.2 Å². The second kappa shape index (κ2) is 4.95. The van der Waals surface area contributed by atoms with Crippen LogP contribution >= 0.6 is 0 Å². The lowest BCUT2D eigenvalue weighted by Crippen LogP contribution is -1.99. The van der Waals surface area contributed by atoms with Crippen LogP contribution in [0.2, 0.25) is 0 Å². The molecular formula is C12H12N4. The van der Waals surface area contributed by atoms with Crippen LogP contribution in [0, 0.1) is 43.4 Å². The Kier molecular flexibility index (Phi) is 3.63. The van der Waals surface area contributed by atoms with Gasteiger partial charge in [-0.25, -0.2) is 0 Å². The first-order chi connectivity index (χ1) is 7.58. The lowest BCUT2D eigenvalue weighted by molar-refractivity contribution is 1.25. The third kappa shape index (κ3) is 2.59. The number of benzene rings is 1. The summed E-state index contributed by atoms with van der Waals surface area (Å²) in [5.41, 5.74) is 6.72. The Morgan fingerprint density at radius 3 is 2.19 bits per heavy atom. The lowest BCUT2D eigenvalue weighted by Gasteiger charge is -2.08. The Bertz CT molecular complexity index is 499. The highest BCUT2D eigenvalue weighted by atomic mass is 15.3. The van der Waals surface area contributed by atoms with Crippen LogP contribution in [0.5, 0.6) is 0 Å². The molecule has 0 bridgehead atoms. The van der Waals surface area contributed by atoms with E-state index < -0.39 is 0 Å². The number of rotatable bonds is 2. The minimum Gasteiger partial charge on any atom is -0.276 e. The SMILES string of the molecule is Cc1cc(C)c(NN=C(C#N)C#N)cc1C. The summed E-state index contributed by atoms with van der Waals surface area (Å²) in [7, 11) is 0. The predicted octanol–water partition coefficient (Wildman–Crippen LogP) is 2.43. The van der Waals surface area contributed by atoms with E-state index >= 15 is 0 Å². The van der Waals surface area contributed by atoms with Crippen LogP contribution in [0.25, 0.3) is 0 Å². The van der Waals surface area contributed by atoms with Gasteiger partial charge in [0.1, 0.15) is 12.1 Å². The molecule has 0 atom stereocenters. The quantitative estimate of drug-likeness (QED) is 0.604. The van der Waals surface area contributed by atoms with Crippen LogP contribution in [0.3, 0.4) is 0 Å². The Morgan fingerprint density at radius 2 is 1.62 bits per heavy atom. The van der Waals surface area contributed by atoms with E-state index in [0.29, 0.717) is 0 Å². The molecule has 0 radical (unpaired) electrons. The van der Waals surface area contributed by atoms with E-state index in [-0.39, 0.29) is 5.71 Å². The molecule has 0 fully saturated rings. The summed E-state index contributed by atoms with van der Waals surface area (Å²) in [6.45, 7) is 5.98. The van der Waals surface area contributed by atoms with Crippen molar-refractivity contribution in [2.75, 3.05) is 5.43 Å². The van der Waals surface area contributed by atoms with Gasteiger partial charge >= 0.3 is 0 Å².